The van der Waals surface area contributed by atoms with Crippen LogP contribution in [0.5, 0.6) is 0 Å². The zero-order chi connectivity index (χ0) is 25.8. The predicted octanol–water partition coefficient (Wildman–Crippen LogP) is 7.46. The Morgan fingerprint density at radius 2 is 1.69 bits per heavy atom. The van der Waals surface area contributed by atoms with E-state index >= 15 is 0 Å². The molecule has 0 radical (unpaired) electrons. The van der Waals surface area contributed by atoms with Gasteiger partial charge in [0.2, 0.25) is 0 Å². The van der Waals surface area contributed by atoms with E-state index in [0.29, 0.717) is 27.6 Å². The Morgan fingerprint density at radius 1 is 1.00 bits per heavy atom. The second-order valence-corrected chi connectivity index (χ2v) is 10.1. The lowest BCUT2D eigenvalue weighted by Crippen LogP contribution is -2.17. The average molecular weight is 503 g/mol. The monoisotopic (exact) mass is 502 g/mol. The molecule has 1 amide bonds. The lowest BCUT2D eigenvalue weighted by atomic mass is 9.99. The highest BCUT2D eigenvalue weighted by atomic mass is 32.1. The van der Waals surface area contributed by atoms with E-state index in [2.05, 4.69) is 29.5 Å². The molecule has 0 bridgehead atoms. The number of carbonyl (C=O) groups excluding carboxylic acids is 2. The number of anilines is 1. The summed E-state index contributed by atoms with van der Waals surface area (Å²) in [6.07, 6.45) is 1.76. The van der Waals surface area contributed by atoms with E-state index in [1.165, 1.54) is 16.9 Å². The van der Waals surface area contributed by atoms with Crippen molar-refractivity contribution in [3.63, 3.8) is 0 Å². The minimum absolute atomic E-state index is 0.300. The Balaban J connectivity index is 1.76. The Kier molecular flexibility index (Phi) is 7.70. The van der Waals surface area contributed by atoms with E-state index in [1.54, 1.807) is 20.8 Å². The van der Waals surface area contributed by atoms with Crippen molar-refractivity contribution in [1.29, 1.82) is 0 Å². The van der Waals surface area contributed by atoms with Crippen LogP contribution in [0, 0.1) is 13.8 Å². The molecule has 36 heavy (non-hydrogen) atoms. The van der Waals surface area contributed by atoms with E-state index in [-0.39, 0.29) is 6.10 Å². The van der Waals surface area contributed by atoms with Crippen LogP contribution in [-0.2, 0) is 11.2 Å². The van der Waals surface area contributed by atoms with Crippen molar-refractivity contribution in [2.45, 2.75) is 53.6 Å². The molecule has 0 spiro atoms. The van der Waals surface area contributed by atoms with E-state index in [4.69, 9.17) is 9.26 Å². The number of thiophene rings is 1. The number of aromatic nitrogens is 1. The zero-order valence-electron chi connectivity index (χ0n) is 21.2. The average Bonchev–Trinajstić information content (AvgIpc) is 3.39. The van der Waals surface area contributed by atoms with Crippen LogP contribution < -0.4 is 5.32 Å². The molecular weight excluding hydrogens is 472 g/mol. The molecule has 0 unspecified atom stereocenters. The molecule has 6 nitrogen and oxygen atoms in total. The highest BCUT2D eigenvalue weighted by Gasteiger charge is 2.29. The molecule has 2 aromatic heterocycles. The van der Waals surface area contributed by atoms with Gasteiger partial charge in [-0.3, -0.25) is 4.79 Å². The Labute approximate surface area is 215 Å². The van der Waals surface area contributed by atoms with Crippen molar-refractivity contribution in [2.24, 2.45) is 0 Å². The number of rotatable bonds is 8. The fraction of sp³-hybridized carbons (Fsp3) is 0.276. The van der Waals surface area contributed by atoms with Gasteiger partial charge in [0.25, 0.3) is 5.91 Å². The molecular formula is C29H30N2O4S. The molecule has 0 aliphatic rings. The molecule has 2 aromatic carbocycles. The van der Waals surface area contributed by atoms with Gasteiger partial charge in [-0.05, 0) is 45.2 Å². The van der Waals surface area contributed by atoms with Gasteiger partial charge >= 0.3 is 5.97 Å². The lowest BCUT2D eigenvalue weighted by molar-refractivity contribution is 0.0380. The molecule has 4 rings (SSSR count). The molecule has 0 saturated carbocycles. The minimum Gasteiger partial charge on any atom is -0.459 e. The summed E-state index contributed by atoms with van der Waals surface area (Å²) in [5.41, 5.74) is 4.84. The molecule has 0 atom stereocenters. The SMILES string of the molecule is CCCc1ccc(-c2c(C)sc(NC(=O)c3c(-c4ccccc4)noc3C)c2C(=O)OC(C)C)cc1. The highest BCUT2D eigenvalue weighted by molar-refractivity contribution is 7.17. The van der Waals surface area contributed by atoms with Crippen LogP contribution in [-0.4, -0.2) is 23.1 Å². The Morgan fingerprint density at radius 3 is 2.33 bits per heavy atom. The summed E-state index contributed by atoms with van der Waals surface area (Å²) in [6.45, 7) is 9.40. The summed E-state index contributed by atoms with van der Waals surface area (Å²) in [4.78, 5) is 27.7. The highest BCUT2D eigenvalue weighted by Crippen LogP contribution is 2.41. The summed E-state index contributed by atoms with van der Waals surface area (Å²) >= 11 is 1.36. The van der Waals surface area contributed by atoms with E-state index < -0.39 is 11.9 Å². The van der Waals surface area contributed by atoms with Crippen molar-refractivity contribution >= 4 is 28.2 Å². The first-order valence-electron chi connectivity index (χ1n) is 12.1. The fourth-order valence-electron chi connectivity index (χ4n) is 4.17. The topological polar surface area (TPSA) is 81.4 Å². The van der Waals surface area contributed by atoms with Crippen molar-refractivity contribution in [3.05, 3.63) is 81.9 Å². The predicted molar refractivity (Wildman–Crippen MR) is 144 cm³/mol. The molecule has 0 aliphatic carbocycles. The quantitative estimate of drug-likeness (QED) is 0.253. The Hall–Kier alpha value is -3.71. The summed E-state index contributed by atoms with van der Waals surface area (Å²) < 4.78 is 11.0. The van der Waals surface area contributed by atoms with Gasteiger partial charge in [-0.2, -0.15) is 0 Å². The second kappa shape index (κ2) is 10.9. The van der Waals surface area contributed by atoms with Gasteiger partial charge in [-0.1, -0.05) is 73.1 Å². The third kappa shape index (κ3) is 5.26. The van der Waals surface area contributed by atoms with Crippen LogP contribution in [0.2, 0.25) is 0 Å². The van der Waals surface area contributed by atoms with E-state index in [9.17, 15) is 9.59 Å². The number of nitrogens with one attached hydrogen (secondary N) is 1. The van der Waals surface area contributed by atoms with E-state index in [1.807, 2.05) is 49.4 Å². The van der Waals surface area contributed by atoms with Crippen LogP contribution in [0.4, 0.5) is 5.00 Å². The van der Waals surface area contributed by atoms with Crippen molar-refractivity contribution in [2.75, 3.05) is 5.32 Å². The number of aryl methyl sites for hydroxylation is 3. The first-order valence-corrected chi connectivity index (χ1v) is 12.9. The summed E-state index contributed by atoms with van der Waals surface area (Å²) in [7, 11) is 0. The van der Waals surface area contributed by atoms with Gasteiger partial charge < -0.3 is 14.6 Å². The first kappa shape index (κ1) is 25.4. The molecule has 7 heteroatoms. The minimum atomic E-state index is -0.470. The molecule has 0 fully saturated rings. The Bertz CT molecular complexity index is 1370. The standard InChI is InChI=1S/C29H30N2O4S/c1-6-10-20-13-15-21(16-14-20)24-19(5)36-28(25(24)29(33)34-17(2)3)30-27(32)23-18(4)35-31-26(23)22-11-8-7-9-12-22/h7-9,11-17H,6,10H2,1-5H3,(H,30,32). The molecule has 186 valence electrons. The largest absolute Gasteiger partial charge is 0.459 e. The molecule has 0 saturated heterocycles. The summed E-state index contributed by atoms with van der Waals surface area (Å²) in [5.74, 6) is -0.461. The van der Waals surface area contributed by atoms with Gasteiger partial charge in [0.05, 0.1) is 6.10 Å². The normalized spacial score (nSPS) is 11.1. The molecule has 1 N–H and O–H groups in total. The zero-order valence-corrected chi connectivity index (χ0v) is 22.0. The van der Waals surface area contributed by atoms with E-state index in [0.717, 1.165) is 34.4 Å². The maximum Gasteiger partial charge on any atom is 0.342 e. The second-order valence-electron chi connectivity index (χ2n) is 8.92. The number of benzene rings is 2. The summed E-state index contributed by atoms with van der Waals surface area (Å²) in [5, 5.41) is 7.51. The van der Waals surface area contributed by atoms with Crippen molar-refractivity contribution < 1.29 is 18.8 Å². The fourth-order valence-corrected chi connectivity index (χ4v) is 5.23. The number of carbonyl (C=O) groups is 2. The number of nitrogens with zero attached hydrogens (tertiary/aromatic N) is 1. The molecule has 2 heterocycles. The van der Waals surface area contributed by atoms with Crippen LogP contribution in [0.25, 0.3) is 22.4 Å². The van der Waals surface area contributed by atoms with Gasteiger partial charge in [0.1, 0.15) is 27.6 Å². The summed E-state index contributed by atoms with van der Waals surface area (Å²) in [6, 6.07) is 17.6. The number of esters is 1. The lowest BCUT2D eigenvalue weighted by Gasteiger charge is -2.12. The van der Waals surface area contributed by atoms with Gasteiger partial charge in [-0.15, -0.1) is 11.3 Å². The molecule has 4 aromatic rings. The number of ether oxygens (including phenoxy) is 1. The smallest absolute Gasteiger partial charge is 0.342 e. The number of hydrogen-bond acceptors (Lipinski definition) is 6. The van der Waals surface area contributed by atoms with Gasteiger partial charge in [0.15, 0.2) is 0 Å². The van der Waals surface area contributed by atoms with Crippen LogP contribution >= 0.6 is 11.3 Å². The number of amides is 1. The van der Waals surface area contributed by atoms with Gasteiger partial charge in [0, 0.05) is 16.0 Å². The van der Waals surface area contributed by atoms with Crippen LogP contribution in [0.1, 0.15) is 64.1 Å². The van der Waals surface area contributed by atoms with Gasteiger partial charge in [-0.25, -0.2) is 4.79 Å². The third-order valence-corrected chi connectivity index (χ3v) is 6.80. The maximum absolute atomic E-state index is 13.5. The van der Waals surface area contributed by atoms with Crippen molar-refractivity contribution in [3.8, 4) is 22.4 Å². The van der Waals surface area contributed by atoms with Crippen LogP contribution in [0.15, 0.2) is 59.1 Å². The number of hydrogen-bond donors (Lipinski definition) is 1. The maximum atomic E-state index is 13.5. The molecule has 0 aliphatic heterocycles. The third-order valence-electron chi connectivity index (χ3n) is 5.78. The van der Waals surface area contributed by atoms with Crippen molar-refractivity contribution in [1.82, 2.24) is 5.16 Å². The first-order chi connectivity index (χ1) is 17.3. The van der Waals surface area contributed by atoms with Crippen LogP contribution in [0.3, 0.4) is 0 Å².